The molecule has 4 rings (SSSR count). The van der Waals surface area contributed by atoms with Crippen LogP contribution in [0.25, 0.3) is 11.0 Å². The van der Waals surface area contributed by atoms with Crippen LogP contribution in [0, 0.1) is 5.82 Å². The van der Waals surface area contributed by atoms with Crippen molar-refractivity contribution in [3.05, 3.63) is 74.6 Å². The fraction of sp³-hybridized carbons (Fsp3) is 0.364. The van der Waals surface area contributed by atoms with Crippen LogP contribution in [0.2, 0.25) is 0 Å². The summed E-state index contributed by atoms with van der Waals surface area (Å²) in [4.78, 5) is 27.2. The summed E-state index contributed by atoms with van der Waals surface area (Å²) in [6, 6.07) is 9.55. The van der Waals surface area contributed by atoms with Gasteiger partial charge in [-0.05, 0) is 48.7 Å². The number of benzene rings is 2. The minimum Gasteiger partial charge on any atom is -0.406 e. The average Bonchev–Trinajstić information content (AvgIpc) is 2.74. The molecule has 170 valence electrons. The fourth-order valence-corrected chi connectivity index (χ4v) is 4.19. The van der Waals surface area contributed by atoms with Crippen molar-refractivity contribution < 1.29 is 22.3 Å². The van der Waals surface area contributed by atoms with Gasteiger partial charge in [-0.3, -0.25) is 19.1 Å². The Balaban J connectivity index is 1.48. The van der Waals surface area contributed by atoms with Crippen molar-refractivity contribution in [1.29, 1.82) is 0 Å². The van der Waals surface area contributed by atoms with Gasteiger partial charge in [0.1, 0.15) is 11.6 Å². The predicted octanol–water partition coefficient (Wildman–Crippen LogP) is 3.58. The Bertz CT molecular complexity index is 1240. The molecule has 2 aromatic carbocycles. The van der Waals surface area contributed by atoms with Gasteiger partial charge in [-0.1, -0.05) is 12.1 Å². The zero-order valence-corrected chi connectivity index (χ0v) is 17.2. The molecule has 1 aliphatic rings. The summed E-state index contributed by atoms with van der Waals surface area (Å²) in [5.41, 5.74) is 0.372. The lowest BCUT2D eigenvalue weighted by atomic mass is 10.0. The van der Waals surface area contributed by atoms with Gasteiger partial charge in [-0.15, -0.1) is 13.2 Å². The molecule has 6 nitrogen and oxygen atoms in total. The minimum absolute atomic E-state index is 0.205. The van der Waals surface area contributed by atoms with Crippen LogP contribution in [0.5, 0.6) is 5.75 Å². The van der Waals surface area contributed by atoms with Crippen LogP contribution in [-0.2, 0) is 13.6 Å². The summed E-state index contributed by atoms with van der Waals surface area (Å²) in [6.07, 6.45) is -3.51. The summed E-state index contributed by atoms with van der Waals surface area (Å²) in [5.74, 6) is -0.757. The van der Waals surface area contributed by atoms with Crippen molar-refractivity contribution in [2.45, 2.75) is 31.8 Å². The van der Waals surface area contributed by atoms with Gasteiger partial charge in [0.2, 0.25) is 0 Å². The van der Waals surface area contributed by atoms with Gasteiger partial charge >= 0.3 is 17.5 Å². The van der Waals surface area contributed by atoms with E-state index in [1.165, 1.54) is 46.5 Å². The van der Waals surface area contributed by atoms with Gasteiger partial charge in [-0.2, -0.15) is 0 Å². The second-order valence-corrected chi connectivity index (χ2v) is 7.87. The van der Waals surface area contributed by atoms with Crippen molar-refractivity contribution in [3.8, 4) is 5.75 Å². The number of ether oxygens (including phenoxy) is 1. The number of aryl methyl sites for hydroxylation is 1. The van der Waals surface area contributed by atoms with Crippen LogP contribution in [0.15, 0.2) is 52.1 Å². The first-order valence-electron chi connectivity index (χ1n) is 10.1. The van der Waals surface area contributed by atoms with Crippen LogP contribution < -0.4 is 15.9 Å². The second-order valence-electron chi connectivity index (χ2n) is 7.87. The summed E-state index contributed by atoms with van der Waals surface area (Å²) >= 11 is 0. The van der Waals surface area contributed by atoms with E-state index in [2.05, 4.69) is 9.64 Å². The van der Waals surface area contributed by atoms with E-state index >= 15 is 0 Å². The highest BCUT2D eigenvalue weighted by molar-refractivity contribution is 5.75. The smallest absolute Gasteiger partial charge is 0.406 e. The lowest BCUT2D eigenvalue weighted by Crippen LogP contribution is -2.44. The Morgan fingerprint density at radius 1 is 0.969 bits per heavy atom. The quantitative estimate of drug-likeness (QED) is 0.450. The van der Waals surface area contributed by atoms with Crippen molar-refractivity contribution in [2.24, 2.45) is 7.05 Å². The number of likely N-dealkylation sites (tertiary alicyclic amines) is 1. The molecule has 32 heavy (non-hydrogen) atoms. The van der Waals surface area contributed by atoms with E-state index in [0.717, 1.165) is 5.56 Å². The Labute approximate surface area is 180 Å². The maximum atomic E-state index is 13.7. The molecular weight excluding hydrogens is 430 g/mol. The maximum Gasteiger partial charge on any atom is 0.573 e. The van der Waals surface area contributed by atoms with Crippen LogP contribution in [0.3, 0.4) is 0 Å². The number of rotatable bonds is 4. The summed E-state index contributed by atoms with van der Waals surface area (Å²) < 4.78 is 57.1. The Morgan fingerprint density at radius 3 is 2.25 bits per heavy atom. The molecule has 0 unspecified atom stereocenters. The molecule has 0 radical (unpaired) electrons. The lowest BCUT2D eigenvalue weighted by Gasteiger charge is -2.33. The van der Waals surface area contributed by atoms with E-state index in [1.54, 1.807) is 12.1 Å². The molecule has 0 N–H and O–H groups in total. The van der Waals surface area contributed by atoms with Crippen molar-refractivity contribution in [1.82, 2.24) is 14.0 Å². The highest BCUT2D eigenvalue weighted by Crippen LogP contribution is 2.27. The molecule has 1 aliphatic heterocycles. The van der Waals surface area contributed by atoms with Crippen molar-refractivity contribution in [3.63, 3.8) is 0 Å². The SMILES string of the molecule is Cn1c(=O)c(=O)n(C2CCN(Cc3ccc(OC(F)(F)F)cc3)CC2)c2ccc(F)cc21. The van der Waals surface area contributed by atoms with Crippen molar-refractivity contribution >= 4 is 11.0 Å². The van der Waals surface area contributed by atoms with Crippen molar-refractivity contribution in [2.75, 3.05) is 13.1 Å². The average molecular weight is 451 g/mol. The number of halogens is 4. The topological polar surface area (TPSA) is 56.5 Å². The molecule has 0 atom stereocenters. The van der Waals surface area contributed by atoms with E-state index in [0.29, 0.717) is 43.5 Å². The van der Waals surface area contributed by atoms with Gasteiger partial charge < -0.3 is 9.30 Å². The van der Waals surface area contributed by atoms with Gasteiger partial charge in [-0.25, -0.2) is 4.39 Å². The lowest BCUT2D eigenvalue weighted by molar-refractivity contribution is -0.274. The van der Waals surface area contributed by atoms with Crippen LogP contribution >= 0.6 is 0 Å². The Kier molecular flexibility index (Phi) is 5.81. The molecule has 0 saturated carbocycles. The van der Waals surface area contributed by atoms with E-state index in [-0.39, 0.29) is 11.8 Å². The molecule has 1 fully saturated rings. The summed E-state index contributed by atoms with van der Waals surface area (Å²) in [7, 11) is 1.45. The van der Waals surface area contributed by atoms with Crippen LogP contribution in [0.1, 0.15) is 24.4 Å². The molecule has 1 aromatic heterocycles. The van der Waals surface area contributed by atoms with E-state index in [4.69, 9.17) is 0 Å². The summed E-state index contributed by atoms with van der Waals surface area (Å²) in [6.45, 7) is 1.81. The van der Waals surface area contributed by atoms with Gasteiger partial charge in [0, 0.05) is 32.7 Å². The van der Waals surface area contributed by atoms with E-state index < -0.39 is 23.3 Å². The first-order chi connectivity index (χ1) is 15.1. The molecule has 0 amide bonds. The largest absolute Gasteiger partial charge is 0.573 e. The second kappa shape index (κ2) is 8.42. The third-order valence-electron chi connectivity index (χ3n) is 5.75. The van der Waals surface area contributed by atoms with Gasteiger partial charge in [0.15, 0.2) is 0 Å². The third-order valence-corrected chi connectivity index (χ3v) is 5.75. The zero-order valence-electron chi connectivity index (χ0n) is 17.2. The zero-order chi connectivity index (χ0) is 23.0. The number of fused-ring (bicyclic) bond motifs is 1. The molecule has 0 bridgehead atoms. The molecule has 0 aliphatic carbocycles. The molecule has 0 spiro atoms. The third kappa shape index (κ3) is 4.55. The van der Waals surface area contributed by atoms with E-state index in [1.807, 2.05) is 0 Å². The number of aromatic nitrogens is 2. The molecule has 3 aromatic rings. The first-order valence-corrected chi connectivity index (χ1v) is 10.1. The number of hydrogen-bond acceptors (Lipinski definition) is 4. The van der Waals surface area contributed by atoms with E-state index in [9.17, 15) is 27.2 Å². The number of hydrogen-bond donors (Lipinski definition) is 0. The molecular formula is C22H21F4N3O3. The number of nitrogens with zero attached hydrogens (tertiary/aromatic N) is 3. The standard InChI is InChI=1S/C22H21F4N3O3/c1-27-19-12-15(23)4-7-18(19)29(21(31)20(27)30)16-8-10-28(11-9-16)13-14-2-5-17(6-3-14)32-22(24,25)26/h2-7,12,16H,8-11,13H2,1H3. The summed E-state index contributed by atoms with van der Waals surface area (Å²) in [5, 5.41) is 0. The molecule has 2 heterocycles. The fourth-order valence-electron chi connectivity index (χ4n) is 4.19. The normalized spacial score (nSPS) is 15.9. The highest BCUT2D eigenvalue weighted by Gasteiger charge is 2.31. The number of piperidine rings is 1. The monoisotopic (exact) mass is 451 g/mol. The van der Waals surface area contributed by atoms with Crippen LogP contribution in [-0.4, -0.2) is 33.5 Å². The first kappa shape index (κ1) is 22.1. The number of alkyl halides is 3. The minimum atomic E-state index is -4.73. The Hall–Kier alpha value is -3.14. The molecule has 10 heteroatoms. The predicted molar refractivity (Wildman–Crippen MR) is 110 cm³/mol. The van der Waals surface area contributed by atoms with Gasteiger partial charge in [0.05, 0.1) is 11.0 Å². The van der Waals surface area contributed by atoms with Crippen LogP contribution in [0.4, 0.5) is 17.6 Å². The highest BCUT2D eigenvalue weighted by atomic mass is 19.4. The maximum absolute atomic E-state index is 13.7. The Morgan fingerprint density at radius 2 is 1.62 bits per heavy atom. The molecule has 1 saturated heterocycles. The van der Waals surface area contributed by atoms with Gasteiger partial charge in [0.25, 0.3) is 0 Å².